The Kier molecular flexibility index (Phi) is 4.93. The number of aryl methyl sites for hydroxylation is 1. The molecule has 1 aliphatic carbocycles. The molecule has 2 aliphatic rings. The van der Waals surface area contributed by atoms with E-state index in [0.717, 1.165) is 25.1 Å². The van der Waals surface area contributed by atoms with Crippen molar-refractivity contribution in [2.45, 2.75) is 44.2 Å². The molecule has 6 heteroatoms. The van der Waals surface area contributed by atoms with Crippen LogP contribution in [0.15, 0.2) is 36.7 Å². The van der Waals surface area contributed by atoms with Gasteiger partial charge in [0.15, 0.2) is 0 Å². The summed E-state index contributed by atoms with van der Waals surface area (Å²) in [4.78, 5) is 25.3. The molecule has 148 valence electrons. The predicted molar refractivity (Wildman–Crippen MR) is 107 cm³/mol. The fourth-order valence-corrected chi connectivity index (χ4v) is 4.85. The number of benzene rings is 1. The number of carbonyl (C=O) groups is 1. The zero-order valence-electron chi connectivity index (χ0n) is 16.8. The summed E-state index contributed by atoms with van der Waals surface area (Å²) in [5.74, 6) is -0.0784. The van der Waals surface area contributed by atoms with Crippen molar-refractivity contribution in [3.63, 3.8) is 0 Å². The number of amides is 1. The van der Waals surface area contributed by atoms with E-state index in [1.54, 1.807) is 12.4 Å². The third kappa shape index (κ3) is 2.91. The summed E-state index contributed by atoms with van der Waals surface area (Å²) in [6.07, 6.45) is 4.22. The van der Waals surface area contributed by atoms with Gasteiger partial charge >= 0.3 is 0 Å². The number of aromatic nitrogens is 2. The first-order chi connectivity index (χ1) is 13.5. The number of carbonyl (C=O) groups excluding carboxylic acids is 1. The lowest BCUT2D eigenvalue weighted by molar-refractivity contribution is -0.00602. The van der Waals surface area contributed by atoms with Crippen molar-refractivity contribution in [3.05, 3.63) is 59.2 Å². The standard InChI is InChI=1S/C22H28N4O2/c1-4-25(3)19-16-7-5-6-8-17(16)22(20(19)27)9-11-26(12-10-22)21(28)18-14-23-15(2)13-24-18/h5-8,13-14,19-20,27H,4,9-12H2,1-3H3/t19-,20+/m0/s1. The number of likely N-dealkylation sites (N-methyl/N-ethyl adjacent to an activating group) is 1. The van der Waals surface area contributed by atoms with E-state index < -0.39 is 6.10 Å². The average molecular weight is 380 g/mol. The van der Waals surface area contributed by atoms with Gasteiger partial charge in [0.2, 0.25) is 0 Å². The zero-order chi connectivity index (χ0) is 19.9. The van der Waals surface area contributed by atoms with E-state index in [4.69, 9.17) is 0 Å². The van der Waals surface area contributed by atoms with Crippen LogP contribution in [0.25, 0.3) is 0 Å². The minimum Gasteiger partial charge on any atom is -0.390 e. The summed E-state index contributed by atoms with van der Waals surface area (Å²) in [7, 11) is 2.07. The monoisotopic (exact) mass is 380 g/mol. The molecule has 6 nitrogen and oxygen atoms in total. The highest BCUT2D eigenvalue weighted by atomic mass is 16.3. The number of piperidine rings is 1. The summed E-state index contributed by atoms with van der Waals surface area (Å²) in [6.45, 7) is 6.08. The highest BCUT2D eigenvalue weighted by Gasteiger charge is 2.53. The quantitative estimate of drug-likeness (QED) is 0.885. The molecule has 0 bridgehead atoms. The minimum absolute atomic E-state index is 0.00594. The lowest BCUT2D eigenvalue weighted by Crippen LogP contribution is -2.50. The molecule has 2 heterocycles. The molecule has 1 N–H and O–H groups in total. The Hall–Kier alpha value is -2.31. The van der Waals surface area contributed by atoms with Gasteiger partial charge in [-0.3, -0.25) is 14.7 Å². The predicted octanol–water partition coefficient (Wildman–Crippen LogP) is 2.33. The van der Waals surface area contributed by atoms with Gasteiger partial charge in [-0.15, -0.1) is 0 Å². The third-order valence-electron chi connectivity index (χ3n) is 6.60. The Morgan fingerprint density at radius 2 is 1.96 bits per heavy atom. The molecule has 2 aromatic rings. The SMILES string of the molecule is CCN(C)[C@H]1c2ccccc2C2(CCN(C(=O)c3cnc(C)cn3)CC2)[C@@H]1O. The molecule has 4 rings (SSSR count). The van der Waals surface area contributed by atoms with E-state index in [-0.39, 0.29) is 17.4 Å². The fourth-order valence-electron chi connectivity index (χ4n) is 4.85. The second-order valence-electron chi connectivity index (χ2n) is 8.04. The maximum Gasteiger partial charge on any atom is 0.274 e. The molecule has 1 aliphatic heterocycles. The molecule has 0 unspecified atom stereocenters. The minimum atomic E-state index is -0.466. The van der Waals surface area contributed by atoms with E-state index in [1.165, 1.54) is 11.1 Å². The number of hydrogen-bond acceptors (Lipinski definition) is 5. The number of rotatable bonds is 3. The summed E-state index contributed by atoms with van der Waals surface area (Å²) in [5, 5.41) is 11.4. The van der Waals surface area contributed by atoms with Crippen LogP contribution in [0.3, 0.4) is 0 Å². The average Bonchev–Trinajstić information content (AvgIpc) is 2.96. The van der Waals surface area contributed by atoms with E-state index in [0.29, 0.717) is 18.8 Å². The van der Waals surface area contributed by atoms with Gasteiger partial charge in [-0.05, 0) is 44.5 Å². The first kappa shape index (κ1) is 19.0. The number of fused-ring (bicyclic) bond motifs is 2. The highest BCUT2D eigenvalue weighted by molar-refractivity contribution is 5.92. The number of aliphatic hydroxyl groups is 1. The Labute approximate surface area is 166 Å². The second-order valence-corrected chi connectivity index (χ2v) is 8.04. The summed E-state index contributed by atoms with van der Waals surface area (Å²) in [5.41, 5.74) is 3.36. The summed E-state index contributed by atoms with van der Waals surface area (Å²) in [6, 6.07) is 8.41. The highest BCUT2D eigenvalue weighted by Crippen LogP contribution is 2.52. The summed E-state index contributed by atoms with van der Waals surface area (Å²) < 4.78 is 0. The van der Waals surface area contributed by atoms with E-state index >= 15 is 0 Å². The van der Waals surface area contributed by atoms with Crippen molar-refractivity contribution in [1.29, 1.82) is 0 Å². The second kappa shape index (κ2) is 7.26. The maximum absolute atomic E-state index is 12.8. The lowest BCUT2D eigenvalue weighted by atomic mass is 9.72. The molecule has 1 saturated heterocycles. The van der Waals surface area contributed by atoms with Crippen LogP contribution in [0.5, 0.6) is 0 Å². The van der Waals surface area contributed by atoms with E-state index in [9.17, 15) is 9.90 Å². The van der Waals surface area contributed by atoms with Gasteiger partial charge < -0.3 is 10.0 Å². The van der Waals surface area contributed by atoms with Crippen LogP contribution in [0.2, 0.25) is 0 Å². The molecule has 0 saturated carbocycles. The Morgan fingerprint density at radius 3 is 2.61 bits per heavy atom. The molecular formula is C22H28N4O2. The van der Waals surface area contributed by atoms with Crippen LogP contribution < -0.4 is 0 Å². The van der Waals surface area contributed by atoms with Crippen molar-refractivity contribution >= 4 is 5.91 Å². The topological polar surface area (TPSA) is 69.6 Å². The molecule has 1 fully saturated rings. The van der Waals surface area contributed by atoms with Crippen molar-refractivity contribution in [3.8, 4) is 0 Å². The molecule has 0 radical (unpaired) electrons. The first-order valence-electron chi connectivity index (χ1n) is 10.0. The van der Waals surface area contributed by atoms with Crippen LogP contribution in [0, 0.1) is 6.92 Å². The first-order valence-corrected chi connectivity index (χ1v) is 10.0. The maximum atomic E-state index is 12.8. The normalized spacial score (nSPS) is 23.2. The third-order valence-corrected chi connectivity index (χ3v) is 6.60. The number of aliphatic hydroxyl groups excluding tert-OH is 1. The molecule has 1 amide bonds. The molecule has 1 spiro atoms. The van der Waals surface area contributed by atoms with Gasteiger partial charge in [0.25, 0.3) is 5.91 Å². The molecule has 1 aromatic heterocycles. The van der Waals surface area contributed by atoms with Crippen LogP contribution in [-0.4, -0.2) is 63.6 Å². The van der Waals surface area contributed by atoms with Gasteiger partial charge in [-0.25, -0.2) is 4.98 Å². The Balaban J connectivity index is 1.58. The molecule has 28 heavy (non-hydrogen) atoms. The van der Waals surface area contributed by atoms with E-state index in [1.807, 2.05) is 11.8 Å². The Morgan fingerprint density at radius 1 is 1.25 bits per heavy atom. The number of nitrogens with zero attached hydrogens (tertiary/aromatic N) is 4. The molecule has 1 aromatic carbocycles. The van der Waals surface area contributed by atoms with Crippen LogP contribution in [0.1, 0.15) is 53.1 Å². The van der Waals surface area contributed by atoms with E-state index in [2.05, 4.69) is 53.1 Å². The van der Waals surface area contributed by atoms with Crippen molar-refractivity contribution in [2.24, 2.45) is 0 Å². The Bertz CT molecular complexity index is 859. The number of likely N-dealkylation sites (tertiary alicyclic amines) is 1. The lowest BCUT2D eigenvalue weighted by Gasteiger charge is -2.43. The van der Waals surface area contributed by atoms with Gasteiger partial charge in [0.05, 0.1) is 24.0 Å². The van der Waals surface area contributed by atoms with Gasteiger partial charge in [-0.2, -0.15) is 0 Å². The van der Waals surface area contributed by atoms with Crippen LogP contribution in [-0.2, 0) is 5.41 Å². The number of hydrogen-bond donors (Lipinski definition) is 1. The van der Waals surface area contributed by atoms with Gasteiger partial charge in [0.1, 0.15) is 5.69 Å². The summed E-state index contributed by atoms with van der Waals surface area (Å²) >= 11 is 0. The largest absolute Gasteiger partial charge is 0.390 e. The fraction of sp³-hybridized carbons (Fsp3) is 0.500. The van der Waals surface area contributed by atoms with Crippen molar-refractivity contribution < 1.29 is 9.90 Å². The van der Waals surface area contributed by atoms with Crippen LogP contribution >= 0.6 is 0 Å². The molecular weight excluding hydrogens is 352 g/mol. The smallest absolute Gasteiger partial charge is 0.274 e. The van der Waals surface area contributed by atoms with Crippen molar-refractivity contribution in [2.75, 3.05) is 26.7 Å². The van der Waals surface area contributed by atoms with Gasteiger partial charge in [-0.1, -0.05) is 31.2 Å². The van der Waals surface area contributed by atoms with Crippen LogP contribution in [0.4, 0.5) is 0 Å². The zero-order valence-corrected chi connectivity index (χ0v) is 16.8. The molecule has 2 atom stereocenters. The van der Waals surface area contributed by atoms with Gasteiger partial charge in [0, 0.05) is 24.7 Å². The van der Waals surface area contributed by atoms with Crippen molar-refractivity contribution in [1.82, 2.24) is 19.8 Å².